The Bertz CT molecular complexity index is 1730. The second-order valence-corrected chi connectivity index (χ2v) is 16.3. The Balaban J connectivity index is 1.33. The molecule has 0 aromatic carbocycles. The Morgan fingerprint density at radius 3 is 2.71 bits per heavy atom. The zero-order valence-electron chi connectivity index (χ0n) is 30.9. The van der Waals surface area contributed by atoms with Gasteiger partial charge in [0.05, 0.1) is 11.0 Å². The molecule has 14 nitrogen and oxygen atoms in total. The molecule has 0 unspecified atom stereocenters. The molecule has 6 rings (SSSR count). The lowest BCUT2D eigenvalue weighted by Crippen LogP contribution is -2.41. The lowest BCUT2D eigenvalue weighted by molar-refractivity contribution is 0.0263. The molecule has 51 heavy (non-hydrogen) atoms. The number of nitrogens with zero attached hydrogens (tertiary/aromatic N) is 9. The summed E-state index contributed by atoms with van der Waals surface area (Å²) in [5.41, 5.74) is 7.08. The molecule has 0 spiro atoms. The Morgan fingerprint density at radius 1 is 1.14 bits per heavy atom. The van der Waals surface area contributed by atoms with E-state index in [1.807, 2.05) is 26.8 Å². The number of rotatable bonds is 8. The number of thiophene rings is 1. The van der Waals surface area contributed by atoms with Crippen LogP contribution >= 0.6 is 11.3 Å². The number of methoxy groups -OCH3 is 1. The maximum atomic E-state index is 13.0. The van der Waals surface area contributed by atoms with E-state index in [1.54, 1.807) is 12.0 Å². The Morgan fingerprint density at radius 2 is 1.94 bits per heavy atom. The van der Waals surface area contributed by atoms with Gasteiger partial charge in [-0.15, -0.1) is 11.3 Å². The molecule has 5 heterocycles. The lowest BCUT2D eigenvalue weighted by Gasteiger charge is -2.31. The maximum absolute atomic E-state index is 13.0. The van der Waals surface area contributed by atoms with Crippen LogP contribution in [0.4, 0.5) is 21.6 Å². The highest BCUT2D eigenvalue weighted by atomic mass is 32.1. The standard InChI is InChI=1S/C36H52N10O4S/c1-24-23-43(14-10-20-48-6)13-8-17-46(24)33-39-26(21-28(40-33)44-15-9-16-45(19-18-44)34(47)49-35(2,3)4)31-41-32(50-42-31)36(5)12-7-11-27-29(36)25(22-37)30(38)51-27/h21,24H,7-20,23,38H2,1-6H3/t24-,36-/m0/s1. The number of carbonyl (C=O) groups excluding carboxylic acids is 1. The molecule has 0 saturated carbocycles. The third-order valence-electron chi connectivity index (χ3n) is 10.1. The molecule has 276 valence electrons. The van der Waals surface area contributed by atoms with E-state index in [1.165, 1.54) is 11.3 Å². The summed E-state index contributed by atoms with van der Waals surface area (Å²) in [6.45, 7) is 16.8. The van der Waals surface area contributed by atoms with E-state index in [2.05, 4.69) is 39.8 Å². The van der Waals surface area contributed by atoms with Gasteiger partial charge in [0.1, 0.15) is 28.2 Å². The van der Waals surface area contributed by atoms with Gasteiger partial charge in [-0.3, -0.25) is 0 Å². The smallest absolute Gasteiger partial charge is 0.410 e. The monoisotopic (exact) mass is 720 g/mol. The van der Waals surface area contributed by atoms with Crippen LogP contribution in [0.15, 0.2) is 10.6 Å². The summed E-state index contributed by atoms with van der Waals surface area (Å²) in [5, 5.41) is 15.0. The molecule has 2 atom stereocenters. The number of nitriles is 1. The summed E-state index contributed by atoms with van der Waals surface area (Å²) in [6.07, 6.45) is 5.00. The highest BCUT2D eigenvalue weighted by molar-refractivity contribution is 7.16. The number of nitrogens with two attached hydrogens (primary N) is 1. The van der Waals surface area contributed by atoms with Crippen molar-refractivity contribution in [2.75, 3.05) is 81.6 Å². The first-order chi connectivity index (χ1) is 24.4. The summed E-state index contributed by atoms with van der Waals surface area (Å²) < 4.78 is 17.0. The van der Waals surface area contributed by atoms with Crippen LogP contribution in [0, 0.1) is 11.3 Å². The van der Waals surface area contributed by atoms with E-state index in [0.717, 1.165) is 87.6 Å². The van der Waals surface area contributed by atoms with Crippen LogP contribution in [0.1, 0.15) is 88.6 Å². The molecular formula is C36H52N10O4S. The molecule has 3 aromatic rings. The number of anilines is 3. The predicted octanol–water partition coefficient (Wildman–Crippen LogP) is 5.07. The summed E-state index contributed by atoms with van der Waals surface area (Å²) in [6, 6.07) is 4.42. The molecular weight excluding hydrogens is 669 g/mol. The van der Waals surface area contributed by atoms with Crippen LogP contribution in [0.5, 0.6) is 0 Å². The number of hydrogen-bond donors (Lipinski definition) is 1. The Labute approximate surface area is 304 Å². The number of aryl methyl sites for hydroxylation is 1. The summed E-state index contributed by atoms with van der Waals surface area (Å²) in [7, 11) is 1.75. The minimum atomic E-state index is -0.641. The van der Waals surface area contributed by atoms with Crippen molar-refractivity contribution in [3.8, 4) is 17.6 Å². The number of ether oxygens (including phenoxy) is 2. The van der Waals surface area contributed by atoms with Gasteiger partial charge in [0.2, 0.25) is 17.7 Å². The van der Waals surface area contributed by atoms with Gasteiger partial charge in [0.25, 0.3) is 0 Å². The van der Waals surface area contributed by atoms with E-state index in [-0.39, 0.29) is 12.1 Å². The predicted molar refractivity (Wildman–Crippen MR) is 197 cm³/mol. The molecule has 0 bridgehead atoms. The quantitative estimate of drug-likeness (QED) is 0.307. The molecule has 15 heteroatoms. The van der Waals surface area contributed by atoms with Crippen molar-refractivity contribution in [2.45, 2.75) is 90.2 Å². The zero-order chi connectivity index (χ0) is 36.3. The highest BCUT2D eigenvalue weighted by Crippen LogP contribution is 2.48. The van der Waals surface area contributed by atoms with Crippen molar-refractivity contribution in [2.24, 2.45) is 0 Å². The topological polar surface area (TPSA) is 163 Å². The van der Waals surface area contributed by atoms with E-state index < -0.39 is 11.0 Å². The average molecular weight is 721 g/mol. The van der Waals surface area contributed by atoms with Crippen molar-refractivity contribution in [1.29, 1.82) is 5.26 Å². The SMILES string of the molecule is COCCCN1CCCN(c2nc(-c3noc([C@@]4(C)CCCc5sc(N)c(C#N)c54)n3)cc(N3CCCN(C(=O)OC(C)(C)C)CC3)n2)[C@@H](C)C1. The van der Waals surface area contributed by atoms with Gasteiger partial charge >= 0.3 is 6.09 Å². The van der Waals surface area contributed by atoms with Crippen molar-refractivity contribution in [3.05, 3.63) is 28.0 Å². The maximum Gasteiger partial charge on any atom is 0.410 e. The van der Waals surface area contributed by atoms with Gasteiger partial charge in [-0.25, -0.2) is 9.78 Å². The second kappa shape index (κ2) is 15.3. The van der Waals surface area contributed by atoms with Crippen molar-refractivity contribution in [1.82, 2.24) is 29.9 Å². The number of nitrogen functional groups attached to an aromatic ring is 1. The largest absolute Gasteiger partial charge is 0.444 e. The van der Waals surface area contributed by atoms with E-state index in [4.69, 9.17) is 34.7 Å². The van der Waals surface area contributed by atoms with Crippen LogP contribution in [-0.4, -0.2) is 114 Å². The zero-order valence-corrected chi connectivity index (χ0v) is 31.7. The number of fused-ring (bicyclic) bond motifs is 1. The fourth-order valence-corrected chi connectivity index (χ4v) is 8.72. The summed E-state index contributed by atoms with van der Waals surface area (Å²) in [4.78, 5) is 38.1. The number of aromatic nitrogens is 4. The molecule has 3 aromatic heterocycles. The normalized spacial score (nSPS) is 21.9. The summed E-state index contributed by atoms with van der Waals surface area (Å²) >= 11 is 1.48. The van der Waals surface area contributed by atoms with Crippen LogP contribution < -0.4 is 15.5 Å². The van der Waals surface area contributed by atoms with Crippen molar-refractivity contribution in [3.63, 3.8) is 0 Å². The lowest BCUT2D eigenvalue weighted by atomic mass is 9.72. The fraction of sp³-hybridized carbons (Fsp3) is 0.667. The van der Waals surface area contributed by atoms with Crippen LogP contribution in [0.25, 0.3) is 11.5 Å². The van der Waals surface area contributed by atoms with Crippen LogP contribution in [0.3, 0.4) is 0 Å². The van der Waals surface area contributed by atoms with E-state index in [0.29, 0.717) is 60.1 Å². The van der Waals surface area contributed by atoms with Gasteiger partial charge in [-0.2, -0.15) is 15.2 Å². The van der Waals surface area contributed by atoms with E-state index >= 15 is 0 Å². The minimum absolute atomic E-state index is 0.166. The van der Waals surface area contributed by atoms with Gasteiger partial charge in [-0.05, 0) is 79.7 Å². The van der Waals surface area contributed by atoms with Gasteiger partial charge in [0, 0.05) is 82.1 Å². The molecule has 1 aliphatic carbocycles. The molecule has 1 amide bonds. The summed E-state index contributed by atoms with van der Waals surface area (Å²) in [5.74, 6) is 2.20. The first kappa shape index (κ1) is 36.8. The first-order valence-electron chi connectivity index (χ1n) is 18.2. The third kappa shape index (κ3) is 8.08. The molecule has 2 saturated heterocycles. The number of carbonyl (C=O) groups is 1. The number of hydrogen-bond acceptors (Lipinski definition) is 14. The van der Waals surface area contributed by atoms with Gasteiger partial charge < -0.3 is 39.3 Å². The third-order valence-corrected chi connectivity index (χ3v) is 11.1. The first-order valence-corrected chi connectivity index (χ1v) is 19.0. The molecule has 2 aliphatic heterocycles. The molecule has 3 aliphatic rings. The Hall–Kier alpha value is -4.00. The van der Waals surface area contributed by atoms with Gasteiger partial charge in [0.15, 0.2) is 0 Å². The van der Waals surface area contributed by atoms with Crippen LogP contribution in [0.2, 0.25) is 0 Å². The average Bonchev–Trinajstić information content (AvgIpc) is 3.56. The minimum Gasteiger partial charge on any atom is -0.444 e. The molecule has 2 N–H and O–H groups in total. The number of amides is 1. The molecule has 0 radical (unpaired) electrons. The van der Waals surface area contributed by atoms with E-state index in [9.17, 15) is 10.1 Å². The van der Waals surface area contributed by atoms with Crippen LogP contribution in [-0.2, 0) is 21.3 Å². The van der Waals surface area contributed by atoms with Gasteiger partial charge in [-0.1, -0.05) is 5.16 Å². The fourth-order valence-electron chi connectivity index (χ4n) is 7.52. The second-order valence-electron chi connectivity index (χ2n) is 15.1. The highest BCUT2D eigenvalue weighted by Gasteiger charge is 2.43. The van der Waals surface area contributed by atoms with Crippen molar-refractivity contribution >= 4 is 34.2 Å². The molecule has 2 fully saturated rings. The Kier molecular flexibility index (Phi) is 11.0. The van der Waals surface area contributed by atoms with Crippen molar-refractivity contribution < 1.29 is 18.8 Å².